The molecule has 4 aromatic heterocycles. The zero-order valence-corrected chi connectivity index (χ0v) is 18.8. The van der Waals surface area contributed by atoms with Gasteiger partial charge in [0, 0.05) is 54.6 Å². The Balaban J connectivity index is 1.50. The van der Waals surface area contributed by atoms with Crippen molar-refractivity contribution in [3.63, 3.8) is 0 Å². The first-order valence-corrected chi connectivity index (χ1v) is 10.9. The summed E-state index contributed by atoms with van der Waals surface area (Å²) in [6.07, 6.45) is 5.02. The van der Waals surface area contributed by atoms with Crippen molar-refractivity contribution in [3.8, 4) is 33.8 Å². The Bertz CT molecular complexity index is 1700. The molecule has 9 heteroatoms. The van der Waals surface area contributed by atoms with Crippen LogP contribution in [-0.2, 0) is 0 Å². The number of pyridine rings is 2. The highest BCUT2D eigenvalue weighted by Gasteiger charge is 2.18. The maximum Gasteiger partial charge on any atom is 0.178 e. The van der Waals surface area contributed by atoms with Crippen LogP contribution in [-0.4, -0.2) is 44.2 Å². The van der Waals surface area contributed by atoms with Gasteiger partial charge in [0.2, 0.25) is 0 Å². The van der Waals surface area contributed by atoms with Crippen LogP contribution in [0.3, 0.4) is 0 Å². The summed E-state index contributed by atoms with van der Waals surface area (Å²) in [4.78, 5) is 18.5. The van der Waals surface area contributed by atoms with Crippen molar-refractivity contribution in [3.05, 3.63) is 78.8 Å². The number of aromatic amines is 2. The minimum absolute atomic E-state index is 0.304. The summed E-state index contributed by atoms with van der Waals surface area (Å²) >= 11 is 0. The van der Waals surface area contributed by atoms with Gasteiger partial charge >= 0.3 is 0 Å². The lowest BCUT2D eigenvalue weighted by Crippen LogP contribution is -2.08. The molecule has 4 heterocycles. The van der Waals surface area contributed by atoms with E-state index in [2.05, 4.69) is 30.1 Å². The van der Waals surface area contributed by atoms with E-state index in [4.69, 9.17) is 0 Å². The molecule has 172 valence electrons. The molecule has 0 amide bonds. The quantitative estimate of drug-likeness (QED) is 0.354. The zero-order chi connectivity index (χ0) is 24.1. The van der Waals surface area contributed by atoms with Gasteiger partial charge in [-0.2, -0.15) is 5.10 Å². The van der Waals surface area contributed by atoms with Crippen molar-refractivity contribution >= 4 is 27.8 Å². The van der Waals surface area contributed by atoms with Gasteiger partial charge in [0.1, 0.15) is 17.3 Å². The molecule has 0 unspecified atom stereocenters. The van der Waals surface area contributed by atoms with Crippen LogP contribution in [0.2, 0.25) is 0 Å². The van der Waals surface area contributed by atoms with E-state index in [1.165, 1.54) is 18.2 Å². The van der Waals surface area contributed by atoms with Crippen molar-refractivity contribution in [2.45, 2.75) is 0 Å². The summed E-state index contributed by atoms with van der Waals surface area (Å²) < 4.78 is 28.5. The van der Waals surface area contributed by atoms with Gasteiger partial charge in [-0.15, -0.1) is 0 Å². The van der Waals surface area contributed by atoms with Gasteiger partial charge in [0.25, 0.3) is 0 Å². The summed E-state index contributed by atoms with van der Waals surface area (Å²) in [5.74, 6) is -0.192. The summed E-state index contributed by atoms with van der Waals surface area (Å²) in [5, 5.41) is 8.01. The third kappa shape index (κ3) is 3.57. The monoisotopic (exact) mass is 467 g/mol. The fourth-order valence-corrected chi connectivity index (χ4v) is 4.15. The molecule has 0 saturated carbocycles. The Morgan fingerprint density at radius 1 is 0.886 bits per heavy atom. The third-order valence-electron chi connectivity index (χ3n) is 5.97. The van der Waals surface area contributed by atoms with Crippen LogP contribution in [0.25, 0.3) is 55.8 Å². The molecule has 2 aromatic carbocycles. The van der Waals surface area contributed by atoms with Gasteiger partial charge in [-0.1, -0.05) is 12.1 Å². The number of H-pyrrole nitrogens is 2. The molecule has 0 radical (unpaired) electrons. The Kier molecular flexibility index (Phi) is 4.77. The fourth-order valence-electron chi connectivity index (χ4n) is 4.15. The normalized spacial score (nSPS) is 11.4. The molecule has 7 nitrogen and oxygen atoms in total. The average Bonchev–Trinajstić information content (AvgIpc) is 3.47. The van der Waals surface area contributed by atoms with E-state index < -0.39 is 0 Å². The van der Waals surface area contributed by atoms with Crippen molar-refractivity contribution in [1.82, 2.24) is 30.1 Å². The van der Waals surface area contributed by atoms with Crippen LogP contribution >= 0.6 is 0 Å². The fraction of sp³-hybridized carbons (Fsp3) is 0.0769. The molecule has 0 spiro atoms. The Morgan fingerprint density at radius 3 is 2.51 bits per heavy atom. The number of nitrogens with one attached hydrogen (secondary N) is 2. The van der Waals surface area contributed by atoms with E-state index in [1.807, 2.05) is 31.1 Å². The lowest BCUT2D eigenvalue weighted by Gasteiger charge is -2.13. The Morgan fingerprint density at radius 2 is 1.71 bits per heavy atom. The largest absolute Gasteiger partial charge is 0.376 e. The smallest absolute Gasteiger partial charge is 0.178 e. The number of nitrogens with zero attached hydrogens (tertiary/aromatic N) is 5. The molecular weight excluding hydrogens is 448 g/mol. The number of anilines is 1. The maximum atomic E-state index is 15.0. The SMILES string of the molecule is CN(C)c1cncc(-c2cc3c(-c4nc5nccc(-c6ccc(F)cc6)c5[nH]4)n[nH]c3cc2F)c1. The molecule has 0 atom stereocenters. The lowest BCUT2D eigenvalue weighted by atomic mass is 10.0. The Labute approximate surface area is 198 Å². The number of benzene rings is 2. The topological polar surface area (TPSA) is 86.4 Å². The minimum Gasteiger partial charge on any atom is -0.376 e. The van der Waals surface area contributed by atoms with Crippen molar-refractivity contribution in [2.75, 3.05) is 19.0 Å². The van der Waals surface area contributed by atoms with E-state index in [-0.39, 0.29) is 11.6 Å². The summed E-state index contributed by atoms with van der Waals surface area (Å²) in [7, 11) is 3.81. The first kappa shape index (κ1) is 20.9. The van der Waals surface area contributed by atoms with Crippen molar-refractivity contribution < 1.29 is 8.78 Å². The third-order valence-corrected chi connectivity index (χ3v) is 5.97. The molecule has 6 aromatic rings. The summed E-state index contributed by atoms with van der Waals surface area (Å²) in [6, 6.07) is 13.1. The molecular formula is C26H19F2N7. The molecule has 0 saturated heterocycles. The number of rotatable bonds is 4. The van der Waals surface area contributed by atoms with Crippen LogP contribution in [0.4, 0.5) is 14.5 Å². The molecule has 0 aliphatic rings. The predicted molar refractivity (Wildman–Crippen MR) is 132 cm³/mol. The van der Waals surface area contributed by atoms with E-state index in [9.17, 15) is 4.39 Å². The molecule has 0 fully saturated rings. The molecule has 0 aliphatic heterocycles. The molecule has 0 aliphatic carbocycles. The highest BCUT2D eigenvalue weighted by atomic mass is 19.1. The summed E-state index contributed by atoms with van der Waals surface area (Å²) in [6.45, 7) is 0. The molecule has 2 N–H and O–H groups in total. The number of hydrogen-bond acceptors (Lipinski definition) is 5. The van der Waals surface area contributed by atoms with Crippen LogP contribution in [0.5, 0.6) is 0 Å². The second-order valence-corrected chi connectivity index (χ2v) is 8.43. The van der Waals surface area contributed by atoms with Gasteiger partial charge in [0.05, 0.1) is 22.9 Å². The molecule has 0 bridgehead atoms. The van der Waals surface area contributed by atoms with Crippen molar-refractivity contribution in [1.29, 1.82) is 0 Å². The van der Waals surface area contributed by atoms with E-state index in [0.29, 0.717) is 44.7 Å². The van der Waals surface area contributed by atoms with Crippen LogP contribution < -0.4 is 4.90 Å². The van der Waals surface area contributed by atoms with Gasteiger partial charge in [-0.25, -0.2) is 18.7 Å². The standard InChI is InChI=1S/C26H19F2N7/c1-35(2)17-9-15(12-29-13-17)19-10-20-22(11-21(19)28)33-34-24(20)26-31-23-18(7-8-30-25(23)32-26)14-3-5-16(27)6-4-14/h3-13H,1-2H3,(H,33,34)(H,30,31,32). The first-order valence-electron chi connectivity index (χ1n) is 10.9. The lowest BCUT2D eigenvalue weighted by molar-refractivity contribution is 0.628. The number of halogens is 2. The van der Waals surface area contributed by atoms with E-state index in [1.54, 1.807) is 36.8 Å². The Hall–Kier alpha value is -4.66. The molecule has 6 rings (SSSR count). The van der Waals surface area contributed by atoms with Gasteiger partial charge < -0.3 is 9.88 Å². The number of aromatic nitrogens is 6. The van der Waals surface area contributed by atoms with Gasteiger partial charge in [0.15, 0.2) is 11.5 Å². The van der Waals surface area contributed by atoms with Crippen LogP contribution in [0, 0.1) is 11.6 Å². The van der Waals surface area contributed by atoms with Gasteiger partial charge in [-0.05, 0) is 35.9 Å². The van der Waals surface area contributed by atoms with Crippen LogP contribution in [0.15, 0.2) is 67.1 Å². The number of fused-ring (bicyclic) bond motifs is 2. The second-order valence-electron chi connectivity index (χ2n) is 8.43. The summed E-state index contributed by atoms with van der Waals surface area (Å²) in [5.41, 5.74) is 5.91. The highest BCUT2D eigenvalue weighted by molar-refractivity contribution is 5.97. The predicted octanol–water partition coefficient (Wildman–Crippen LogP) is 5.57. The minimum atomic E-state index is -0.379. The average molecular weight is 467 g/mol. The molecule has 35 heavy (non-hydrogen) atoms. The van der Waals surface area contributed by atoms with Crippen LogP contribution in [0.1, 0.15) is 0 Å². The van der Waals surface area contributed by atoms with Gasteiger partial charge in [-0.3, -0.25) is 10.1 Å². The second kappa shape index (κ2) is 7.98. The number of imidazole rings is 1. The maximum absolute atomic E-state index is 15.0. The zero-order valence-electron chi connectivity index (χ0n) is 18.8. The van der Waals surface area contributed by atoms with Crippen molar-refractivity contribution in [2.24, 2.45) is 0 Å². The van der Waals surface area contributed by atoms with E-state index >= 15 is 4.39 Å². The number of hydrogen-bond donors (Lipinski definition) is 2. The first-order chi connectivity index (χ1) is 17.0. The van der Waals surface area contributed by atoms with E-state index in [0.717, 1.165) is 16.8 Å². The highest BCUT2D eigenvalue weighted by Crippen LogP contribution is 2.34.